The highest BCUT2D eigenvalue weighted by Gasteiger charge is 2.25. The Kier molecular flexibility index (Phi) is 6.67. The summed E-state index contributed by atoms with van der Waals surface area (Å²) in [5.74, 6) is 1.17. The van der Waals surface area contributed by atoms with Crippen LogP contribution in [0.15, 0.2) is 24.3 Å². The molecule has 1 fully saturated rings. The number of methoxy groups -OCH3 is 1. The monoisotopic (exact) mass is 347 g/mol. The van der Waals surface area contributed by atoms with Crippen LogP contribution in [0.4, 0.5) is 5.69 Å². The van der Waals surface area contributed by atoms with Gasteiger partial charge in [-0.2, -0.15) is 0 Å². The molecule has 1 aromatic carbocycles. The largest absolute Gasteiger partial charge is 0.495 e. The first-order valence-corrected chi connectivity index (χ1v) is 8.83. The van der Waals surface area contributed by atoms with Gasteiger partial charge in [0.2, 0.25) is 11.8 Å². The summed E-state index contributed by atoms with van der Waals surface area (Å²) < 4.78 is 5.42. The smallest absolute Gasteiger partial charge is 0.242 e. The molecule has 6 nitrogen and oxygen atoms in total. The number of rotatable bonds is 6. The maximum atomic E-state index is 12.5. The van der Waals surface area contributed by atoms with Crippen molar-refractivity contribution in [3.8, 4) is 5.75 Å². The molecular weight excluding hydrogens is 318 g/mol. The van der Waals surface area contributed by atoms with Crippen molar-refractivity contribution < 1.29 is 14.3 Å². The fourth-order valence-electron chi connectivity index (χ4n) is 3.10. The summed E-state index contributed by atoms with van der Waals surface area (Å²) in [6.07, 6.45) is 0. The summed E-state index contributed by atoms with van der Waals surface area (Å²) >= 11 is 0. The van der Waals surface area contributed by atoms with Gasteiger partial charge in [-0.15, -0.1) is 0 Å². The van der Waals surface area contributed by atoms with Crippen molar-refractivity contribution in [1.29, 1.82) is 0 Å². The van der Waals surface area contributed by atoms with Crippen molar-refractivity contribution in [2.24, 2.45) is 5.92 Å². The van der Waals surface area contributed by atoms with Gasteiger partial charge in [0.15, 0.2) is 0 Å². The molecule has 1 aliphatic heterocycles. The Balaban J connectivity index is 1.92. The van der Waals surface area contributed by atoms with Crippen molar-refractivity contribution in [2.75, 3.05) is 51.3 Å². The number of benzene rings is 1. The van der Waals surface area contributed by atoms with Crippen LogP contribution in [0.3, 0.4) is 0 Å². The first-order valence-electron chi connectivity index (χ1n) is 8.83. The molecule has 1 saturated heterocycles. The SMILES string of the molecule is COc1ccccc1N1CCN(C(=O)CN(CC(C)C)C(C)=O)CC1. The Labute approximate surface area is 150 Å². The quantitative estimate of drug-likeness (QED) is 0.788. The Bertz CT molecular complexity index is 595. The second kappa shape index (κ2) is 8.74. The lowest BCUT2D eigenvalue weighted by atomic mass is 10.2. The van der Waals surface area contributed by atoms with E-state index in [0.29, 0.717) is 25.6 Å². The average molecular weight is 347 g/mol. The number of amides is 2. The number of para-hydroxylation sites is 2. The van der Waals surface area contributed by atoms with E-state index in [4.69, 9.17) is 4.74 Å². The van der Waals surface area contributed by atoms with Gasteiger partial charge < -0.3 is 19.4 Å². The Morgan fingerprint density at radius 2 is 1.80 bits per heavy atom. The summed E-state index contributed by atoms with van der Waals surface area (Å²) in [4.78, 5) is 30.0. The highest BCUT2D eigenvalue weighted by atomic mass is 16.5. The number of anilines is 1. The molecule has 1 heterocycles. The number of hydrogen-bond acceptors (Lipinski definition) is 4. The Morgan fingerprint density at radius 3 is 2.36 bits per heavy atom. The van der Waals surface area contributed by atoms with E-state index < -0.39 is 0 Å². The summed E-state index contributed by atoms with van der Waals surface area (Å²) in [5, 5.41) is 0. The maximum Gasteiger partial charge on any atom is 0.242 e. The molecule has 0 radical (unpaired) electrons. The van der Waals surface area contributed by atoms with Gasteiger partial charge in [0, 0.05) is 39.6 Å². The van der Waals surface area contributed by atoms with Crippen LogP contribution in [-0.2, 0) is 9.59 Å². The number of carbonyl (C=O) groups excluding carboxylic acids is 2. The van der Waals surface area contributed by atoms with Gasteiger partial charge in [-0.05, 0) is 18.1 Å². The van der Waals surface area contributed by atoms with E-state index in [9.17, 15) is 9.59 Å². The predicted molar refractivity (Wildman–Crippen MR) is 98.9 cm³/mol. The first kappa shape index (κ1) is 19.1. The summed E-state index contributed by atoms with van der Waals surface area (Å²) in [7, 11) is 1.67. The number of piperazine rings is 1. The molecule has 2 rings (SSSR count). The van der Waals surface area contributed by atoms with E-state index in [1.54, 1.807) is 12.0 Å². The molecule has 0 aromatic heterocycles. The van der Waals surface area contributed by atoms with E-state index in [1.165, 1.54) is 6.92 Å². The van der Waals surface area contributed by atoms with Gasteiger partial charge in [-0.3, -0.25) is 9.59 Å². The maximum absolute atomic E-state index is 12.5. The van der Waals surface area contributed by atoms with Gasteiger partial charge in [0.05, 0.1) is 19.3 Å². The summed E-state index contributed by atoms with van der Waals surface area (Å²) in [5.41, 5.74) is 1.06. The van der Waals surface area contributed by atoms with Gasteiger partial charge in [0.1, 0.15) is 5.75 Å². The van der Waals surface area contributed by atoms with Crippen molar-refractivity contribution in [3.63, 3.8) is 0 Å². The van der Waals surface area contributed by atoms with E-state index in [1.807, 2.05) is 43.0 Å². The third-order valence-electron chi connectivity index (χ3n) is 4.42. The second-order valence-electron chi connectivity index (χ2n) is 6.83. The molecule has 0 unspecified atom stereocenters. The van der Waals surface area contributed by atoms with Gasteiger partial charge in [-0.25, -0.2) is 0 Å². The molecule has 0 bridgehead atoms. The fraction of sp³-hybridized carbons (Fsp3) is 0.579. The molecule has 0 N–H and O–H groups in total. The highest BCUT2D eigenvalue weighted by molar-refractivity contribution is 5.84. The number of ether oxygens (including phenoxy) is 1. The normalized spacial score (nSPS) is 14.6. The van der Waals surface area contributed by atoms with E-state index in [2.05, 4.69) is 4.90 Å². The van der Waals surface area contributed by atoms with Gasteiger partial charge in [-0.1, -0.05) is 26.0 Å². The Morgan fingerprint density at radius 1 is 1.16 bits per heavy atom. The summed E-state index contributed by atoms with van der Waals surface area (Å²) in [6, 6.07) is 7.93. The van der Waals surface area contributed by atoms with Crippen LogP contribution in [-0.4, -0.2) is 68.0 Å². The molecule has 0 atom stereocenters. The molecule has 0 aliphatic carbocycles. The average Bonchev–Trinajstić information content (AvgIpc) is 2.60. The molecule has 2 amide bonds. The fourth-order valence-corrected chi connectivity index (χ4v) is 3.10. The number of carbonyl (C=O) groups is 2. The van der Waals surface area contributed by atoms with Gasteiger partial charge >= 0.3 is 0 Å². The van der Waals surface area contributed by atoms with Crippen molar-refractivity contribution >= 4 is 17.5 Å². The van der Waals surface area contributed by atoms with Crippen LogP contribution in [0.5, 0.6) is 5.75 Å². The van der Waals surface area contributed by atoms with Gasteiger partial charge in [0.25, 0.3) is 0 Å². The highest BCUT2D eigenvalue weighted by Crippen LogP contribution is 2.28. The first-order chi connectivity index (χ1) is 11.9. The Hall–Kier alpha value is -2.24. The lowest BCUT2D eigenvalue weighted by molar-refractivity contribution is -0.140. The molecule has 1 aromatic rings. The standard InChI is InChI=1S/C19H29N3O3/c1-15(2)13-22(16(3)23)14-19(24)21-11-9-20(10-12-21)17-7-5-6-8-18(17)25-4/h5-8,15H,9-14H2,1-4H3. The zero-order valence-corrected chi connectivity index (χ0v) is 15.7. The minimum Gasteiger partial charge on any atom is -0.495 e. The molecule has 0 saturated carbocycles. The zero-order valence-electron chi connectivity index (χ0n) is 15.7. The van der Waals surface area contributed by atoms with Crippen LogP contribution in [0.2, 0.25) is 0 Å². The minimum atomic E-state index is -0.0466. The topological polar surface area (TPSA) is 53.1 Å². The van der Waals surface area contributed by atoms with Crippen LogP contribution in [0.1, 0.15) is 20.8 Å². The molecule has 138 valence electrons. The van der Waals surface area contributed by atoms with Crippen LogP contribution in [0.25, 0.3) is 0 Å². The van der Waals surface area contributed by atoms with E-state index >= 15 is 0 Å². The molecule has 6 heteroatoms. The second-order valence-corrected chi connectivity index (χ2v) is 6.83. The molecule has 0 spiro atoms. The zero-order chi connectivity index (χ0) is 18.4. The van der Waals surface area contributed by atoms with Crippen LogP contribution in [0, 0.1) is 5.92 Å². The van der Waals surface area contributed by atoms with E-state index in [0.717, 1.165) is 24.5 Å². The van der Waals surface area contributed by atoms with Crippen LogP contribution >= 0.6 is 0 Å². The summed E-state index contributed by atoms with van der Waals surface area (Å²) in [6.45, 7) is 9.24. The van der Waals surface area contributed by atoms with Crippen molar-refractivity contribution in [2.45, 2.75) is 20.8 Å². The van der Waals surface area contributed by atoms with Crippen molar-refractivity contribution in [1.82, 2.24) is 9.80 Å². The third-order valence-corrected chi connectivity index (χ3v) is 4.42. The lowest BCUT2D eigenvalue weighted by Crippen LogP contribution is -2.52. The minimum absolute atomic E-state index is 0.0236. The molecule has 1 aliphatic rings. The third kappa shape index (κ3) is 5.11. The van der Waals surface area contributed by atoms with Crippen LogP contribution < -0.4 is 9.64 Å². The molecular formula is C19H29N3O3. The predicted octanol–water partition coefficient (Wildman–Crippen LogP) is 1.85. The molecule has 25 heavy (non-hydrogen) atoms. The van der Waals surface area contributed by atoms with E-state index in [-0.39, 0.29) is 18.4 Å². The number of nitrogens with zero attached hydrogens (tertiary/aromatic N) is 3. The van der Waals surface area contributed by atoms with Crippen molar-refractivity contribution in [3.05, 3.63) is 24.3 Å². The number of hydrogen-bond donors (Lipinski definition) is 0. The lowest BCUT2D eigenvalue weighted by Gasteiger charge is -2.37.